The third-order valence-electron chi connectivity index (χ3n) is 4.26. The highest BCUT2D eigenvalue weighted by Crippen LogP contribution is 2.38. The largest absolute Gasteiger partial charge is 0.358 e. The molecule has 0 saturated carbocycles. The number of aromatic amines is 1. The van der Waals surface area contributed by atoms with Crippen LogP contribution in [-0.4, -0.2) is 10.9 Å². The lowest BCUT2D eigenvalue weighted by atomic mass is 10.0. The number of hydrogen-bond donors (Lipinski definition) is 2. The van der Waals surface area contributed by atoms with Gasteiger partial charge in [-0.05, 0) is 34.7 Å². The van der Waals surface area contributed by atoms with E-state index in [9.17, 15) is 4.79 Å². The molecule has 0 saturated heterocycles. The highest BCUT2D eigenvalue weighted by atomic mass is 35.5. The van der Waals surface area contributed by atoms with E-state index < -0.39 is 0 Å². The van der Waals surface area contributed by atoms with Crippen molar-refractivity contribution in [2.75, 3.05) is 11.2 Å². The monoisotopic (exact) mass is 322 g/mol. The van der Waals surface area contributed by atoms with Gasteiger partial charge >= 0.3 is 0 Å². The molecule has 0 atom stereocenters. The zero-order valence-electron chi connectivity index (χ0n) is 12.4. The van der Waals surface area contributed by atoms with E-state index in [1.54, 1.807) is 0 Å². The summed E-state index contributed by atoms with van der Waals surface area (Å²) in [5.41, 5.74) is 6.10. The second-order valence-electron chi connectivity index (χ2n) is 5.76. The number of aromatic nitrogens is 1. The average molecular weight is 323 g/mol. The van der Waals surface area contributed by atoms with E-state index in [1.165, 1.54) is 11.1 Å². The minimum absolute atomic E-state index is 0.0371. The van der Waals surface area contributed by atoms with Gasteiger partial charge in [0.15, 0.2) is 0 Å². The lowest BCUT2D eigenvalue weighted by molar-refractivity contribution is 1.23. The molecule has 1 aliphatic rings. The van der Waals surface area contributed by atoms with Gasteiger partial charge in [0.05, 0.1) is 11.6 Å². The summed E-state index contributed by atoms with van der Waals surface area (Å²) in [6.07, 6.45) is 0.810. The summed E-state index contributed by atoms with van der Waals surface area (Å²) in [5, 5.41) is 4.97. The third-order valence-corrected chi connectivity index (χ3v) is 4.58. The maximum atomic E-state index is 12.3. The Morgan fingerprint density at radius 2 is 2.00 bits per heavy atom. The SMILES string of the molecule is C=C(CCl)Nc1ccc2c(c1)Cc1c-2[nH]c(=O)c2ccccc12. The zero-order valence-corrected chi connectivity index (χ0v) is 13.2. The van der Waals surface area contributed by atoms with Gasteiger partial charge < -0.3 is 10.3 Å². The predicted octanol–water partition coefficient (Wildman–Crippen LogP) is 4.26. The Hall–Kier alpha value is -2.52. The van der Waals surface area contributed by atoms with Crippen molar-refractivity contribution in [3.8, 4) is 11.3 Å². The van der Waals surface area contributed by atoms with Crippen LogP contribution >= 0.6 is 11.6 Å². The number of H-pyrrole nitrogens is 1. The Morgan fingerprint density at radius 1 is 1.22 bits per heavy atom. The van der Waals surface area contributed by atoms with Crippen molar-refractivity contribution in [2.45, 2.75) is 6.42 Å². The van der Waals surface area contributed by atoms with Gasteiger partial charge in [-0.2, -0.15) is 0 Å². The van der Waals surface area contributed by atoms with Crippen LogP contribution in [0.1, 0.15) is 11.1 Å². The lowest BCUT2D eigenvalue weighted by Gasteiger charge is -2.08. The van der Waals surface area contributed by atoms with Crippen molar-refractivity contribution in [2.24, 2.45) is 0 Å². The number of pyridine rings is 1. The number of nitrogens with one attached hydrogen (secondary N) is 2. The normalized spacial score (nSPS) is 12.0. The Kier molecular flexibility index (Phi) is 3.24. The van der Waals surface area contributed by atoms with Crippen molar-refractivity contribution in [1.29, 1.82) is 0 Å². The number of rotatable bonds is 3. The second kappa shape index (κ2) is 5.28. The second-order valence-corrected chi connectivity index (χ2v) is 6.03. The van der Waals surface area contributed by atoms with Crippen molar-refractivity contribution in [1.82, 2.24) is 4.98 Å². The molecule has 114 valence electrons. The van der Waals surface area contributed by atoms with Crippen molar-refractivity contribution < 1.29 is 0 Å². The van der Waals surface area contributed by atoms with Crippen LogP contribution in [0.5, 0.6) is 0 Å². The smallest absolute Gasteiger partial charge is 0.256 e. The molecule has 1 aliphatic carbocycles. The van der Waals surface area contributed by atoms with E-state index in [1.807, 2.05) is 36.4 Å². The molecular formula is C19H15ClN2O. The predicted molar refractivity (Wildman–Crippen MR) is 96.3 cm³/mol. The molecule has 0 radical (unpaired) electrons. The van der Waals surface area contributed by atoms with E-state index in [-0.39, 0.29) is 5.56 Å². The Labute approximate surface area is 138 Å². The van der Waals surface area contributed by atoms with Gasteiger partial charge in [-0.15, -0.1) is 11.6 Å². The molecule has 3 nitrogen and oxygen atoms in total. The van der Waals surface area contributed by atoms with Gasteiger partial charge in [-0.1, -0.05) is 30.8 Å². The van der Waals surface area contributed by atoms with Crippen molar-refractivity contribution in [3.05, 3.63) is 76.2 Å². The molecule has 4 rings (SSSR count). The van der Waals surface area contributed by atoms with Gasteiger partial charge in [0.1, 0.15) is 0 Å². The molecule has 2 aromatic carbocycles. The molecule has 4 heteroatoms. The Morgan fingerprint density at radius 3 is 2.78 bits per heavy atom. The summed E-state index contributed by atoms with van der Waals surface area (Å²) in [6, 6.07) is 13.9. The lowest BCUT2D eigenvalue weighted by Crippen LogP contribution is -2.08. The van der Waals surface area contributed by atoms with Gasteiger partial charge in [0.25, 0.3) is 5.56 Å². The standard InChI is InChI=1S/C19H15ClN2O/c1-11(10-20)21-13-6-7-14-12(8-13)9-17-15-4-2-3-5-16(15)19(23)22-18(14)17/h2-8,21H,1,9-10H2,(H,22,23). The number of halogens is 1. The summed E-state index contributed by atoms with van der Waals surface area (Å²) in [6.45, 7) is 3.86. The fourth-order valence-corrected chi connectivity index (χ4v) is 3.31. The quantitative estimate of drug-likeness (QED) is 0.553. The van der Waals surface area contributed by atoms with Crippen LogP contribution < -0.4 is 10.9 Å². The van der Waals surface area contributed by atoms with Gasteiger partial charge in [-0.25, -0.2) is 0 Å². The molecule has 0 fully saturated rings. The van der Waals surface area contributed by atoms with Gasteiger partial charge in [-0.3, -0.25) is 4.79 Å². The number of anilines is 1. The van der Waals surface area contributed by atoms with E-state index >= 15 is 0 Å². The summed E-state index contributed by atoms with van der Waals surface area (Å²) in [7, 11) is 0. The molecule has 0 unspecified atom stereocenters. The molecule has 0 amide bonds. The van der Waals surface area contributed by atoms with Crippen LogP contribution in [0.2, 0.25) is 0 Å². The fourth-order valence-electron chi connectivity index (χ4n) is 3.24. The Balaban J connectivity index is 1.85. The van der Waals surface area contributed by atoms with Crippen LogP contribution in [0.3, 0.4) is 0 Å². The number of allylic oxidation sites excluding steroid dienone is 1. The molecule has 3 aromatic rings. The van der Waals surface area contributed by atoms with Crippen LogP contribution in [0.4, 0.5) is 5.69 Å². The number of fused-ring (bicyclic) bond motifs is 5. The first-order valence-electron chi connectivity index (χ1n) is 7.45. The first kappa shape index (κ1) is 14.1. The topological polar surface area (TPSA) is 44.9 Å². The van der Waals surface area contributed by atoms with Crippen LogP contribution in [0, 0.1) is 0 Å². The molecule has 1 heterocycles. The Bertz CT molecular complexity index is 1000. The first-order chi connectivity index (χ1) is 11.2. The molecule has 0 bridgehead atoms. The highest BCUT2D eigenvalue weighted by molar-refractivity contribution is 6.19. The van der Waals surface area contributed by atoms with E-state index in [4.69, 9.17) is 11.6 Å². The summed E-state index contributed by atoms with van der Waals surface area (Å²) in [5.74, 6) is 0.370. The molecule has 23 heavy (non-hydrogen) atoms. The van der Waals surface area contributed by atoms with E-state index in [2.05, 4.69) is 22.9 Å². The molecular weight excluding hydrogens is 308 g/mol. The maximum Gasteiger partial charge on any atom is 0.256 e. The van der Waals surface area contributed by atoms with Gasteiger partial charge in [0.2, 0.25) is 0 Å². The van der Waals surface area contributed by atoms with Crippen molar-refractivity contribution in [3.63, 3.8) is 0 Å². The van der Waals surface area contributed by atoms with E-state index in [0.717, 1.165) is 39.8 Å². The summed E-state index contributed by atoms with van der Waals surface area (Å²) < 4.78 is 0. The molecule has 2 N–H and O–H groups in total. The maximum absolute atomic E-state index is 12.3. The molecule has 1 aromatic heterocycles. The minimum Gasteiger partial charge on any atom is -0.358 e. The summed E-state index contributed by atoms with van der Waals surface area (Å²) in [4.78, 5) is 15.3. The molecule has 0 aliphatic heterocycles. The number of benzene rings is 2. The summed E-state index contributed by atoms with van der Waals surface area (Å²) >= 11 is 5.77. The van der Waals surface area contributed by atoms with E-state index in [0.29, 0.717) is 5.88 Å². The van der Waals surface area contributed by atoms with Crippen molar-refractivity contribution >= 4 is 28.1 Å². The van der Waals surface area contributed by atoms with Crippen LogP contribution in [-0.2, 0) is 6.42 Å². The highest BCUT2D eigenvalue weighted by Gasteiger charge is 2.22. The van der Waals surface area contributed by atoms with Gasteiger partial charge in [0, 0.05) is 28.8 Å². The average Bonchev–Trinajstić information content (AvgIpc) is 2.93. The fraction of sp³-hybridized carbons (Fsp3) is 0.105. The van der Waals surface area contributed by atoms with Crippen LogP contribution in [0.15, 0.2) is 59.5 Å². The first-order valence-corrected chi connectivity index (χ1v) is 7.99. The molecule has 0 spiro atoms. The zero-order chi connectivity index (χ0) is 16.0. The number of alkyl halides is 1. The number of hydrogen-bond acceptors (Lipinski definition) is 2. The minimum atomic E-state index is -0.0371. The van der Waals surface area contributed by atoms with Crippen LogP contribution in [0.25, 0.3) is 22.0 Å². The third kappa shape index (κ3) is 2.25.